The molecule has 3 heteroatoms. The maximum atomic E-state index is 3.52. The molecule has 0 spiro atoms. The zero-order valence-corrected chi connectivity index (χ0v) is 12.2. The van der Waals surface area contributed by atoms with Gasteiger partial charge in [-0.2, -0.15) is 0 Å². The van der Waals surface area contributed by atoms with Crippen LogP contribution in [0.3, 0.4) is 0 Å². The normalized spacial score (nSPS) is 12.3. The van der Waals surface area contributed by atoms with Gasteiger partial charge in [0.05, 0.1) is 8.07 Å². The summed E-state index contributed by atoms with van der Waals surface area (Å²) < 4.78 is 3.49. The van der Waals surface area contributed by atoms with Crippen LogP contribution >= 0.6 is 15.9 Å². The lowest BCUT2D eigenvalue weighted by Crippen LogP contribution is -2.41. The van der Waals surface area contributed by atoms with Crippen molar-refractivity contribution < 1.29 is 0 Å². The lowest BCUT2D eigenvalue weighted by Gasteiger charge is -2.17. The van der Waals surface area contributed by atoms with E-state index in [2.05, 4.69) is 71.5 Å². The van der Waals surface area contributed by atoms with E-state index in [9.17, 15) is 0 Å². The van der Waals surface area contributed by atoms with Crippen molar-refractivity contribution in [1.82, 2.24) is 4.57 Å². The van der Waals surface area contributed by atoms with Gasteiger partial charge in [0.15, 0.2) is 0 Å². The van der Waals surface area contributed by atoms with Crippen LogP contribution in [0.5, 0.6) is 0 Å². The summed E-state index contributed by atoms with van der Waals surface area (Å²) in [5, 5.41) is 2.86. The van der Waals surface area contributed by atoms with Crippen LogP contribution < -0.4 is 5.32 Å². The maximum absolute atomic E-state index is 3.52. The second-order valence-electron chi connectivity index (χ2n) is 5.04. The molecular weight excluding hydrogens is 266 g/mol. The largest absolute Gasteiger partial charge is 0.352 e. The summed E-state index contributed by atoms with van der Waals surface area (Å²) in [5.41, 5.74) is 1.32. The van der Waals surface area contributed by atoms with Crippen LogP contribution in [-0.2, 0) is 7.05 Å². The highest BCUT2D eigenvalue weighted by Gasteiger charge is 2.21. The Kier molecular flexibility index (Phi) is 2.55. The molecule has 0 N–H and O–H groups in total. The lowest BCUT2D eigenvalue weighted by molar-refractivity contribution is 0.995. The van der Waals surface area contributed by atoms with Crippen LogP contribution in [0.1, 0.15) is 0 Å². The Morgan fingerprint density at radius 3 is 2.40 bits per heavy atom. The van der Waals surface area contributed by atoms with Gasteiger partial charge in [0.25, 0.3) is 0 Å². The molecule has 0 aliphatic rings. The van der Waals surface area contributed by atoms with Gasteiger partial charge in [0.1, 0.15) is 0 Å². The molecule has 0 saturated carbocycles. The van der Waals surface area contributed by atoms with Gasteiger partial charge >= 0.3 is 0 Å². The summed E-state index contributed by atoms with van der Waals surface area (Å²) in [6, 6.07) is 8.83. The average Bonchev–Trinajstić information content (AvgIpc) is 2.43. The minimum Gasteiger partial charge on any atom is -0.352 e. The molecule has 1 nitrogen and oxygen atoms in total. The molecule has 0 atom stereocenters. The number of halogens is 1. The van der Waals surface area contributed by atoms with E-state index in [1.165, 1.54) is 16.2 Å². The standard InChI is InChI=1S/C12H16BrNSi/c1-14-11-8-10(13)6-5-9(11)7-12(14)15(2,3)4/h5-8H,1-4H3. The Bertz CT molecular complexity index is 508. The number of nitrogens with zero attached hydrogens (tertiary/aromatic N) is 1. The van der Waals surface area contributed by atoms with Crippen molar-refractivity contribution in [2.24, 2.45) is 7.05 Å². The molecule has 0 aliphatic heterocycles. The quantitative estimate of drug-likeness (QED) is 0.706. The Morgan fingerprint density at radius 1 is 1.13 bits per heavy atom. The van der Waals surface area contributed by atoms with Gasteiger partial charge in [-0.3, -0.25) is 0 Å². The first-order valence-electron chi connectivity index (χ1n) is 5.15. The van der Waals surface area contributed by atoms with Crippen LogP contribution in [0, 0.1) is 0 Å². The van der Waals surface area contributed by atoms with Crippen LogP contribution in [0.4, 0.5) is 0 Å². The van der Waals surface area contributed by atoms with Crippen molar-refractivity contribution in [3.8, 4) is 0 Å². The highest BCUT2D eigenvalue weighted by Crippen LogP contribution is 2.20. The fourth-order valence-electron chi connectivity index (χ4n) is 2.02. The summed E-state index contributed by atoms with van der Waals surface area (Å²) >= 11 is 3.52. The van der Waals surface area contributed by atoms with Gasteiger partial charge in [0.2, 0.25) is 0 Å². The molecule has 80 valence electrons. The van der Waals surface area contributed by atoms with E-state index in [4.69, 9.17) is 0 Å². The minimum atomic E-state index is -1.23. The monoisotopic (exact) mass is 281 g/mol. The zero-order chi connectivity index (χ0) is 11.2. The number of benzene rings is 1. The molecule has 0 radical (unpaired) electrons. The first-order chi connectivity index (χ1) is 6.89. The summed E-state index contributed by atoms with van der Waals surface area (Å²) in [4.78, 5) is 0. The SMILES string of the molecule is Cn1c([Si](C)(C)C)cc2ccc(Br)cc21. The van der Waals surface area contributed by atoms with E-state index in [1.807, 2.05) is 0 Å². The molecule has 0 amide bonds. The Hall–Kier alpha value is -0.543. The first-order valence-corrected chi connectivity index (χ1v) is 9.44. The molecule has 0 aliphatic carbocycles. The molecule has 1 aromatic heterocycles. The number of fused-ring (bicyclic) bond motifs is 1. The first kappa shape index (κ1) is 11.0. The van der Waals surface area contributed by atoms with Gasteiger partial charge in [0, 0.05) is 22.4 Å². The molecule has 2 rings (SSSR count). The molecule has 1 heterocycles. The average molecular weight is 282 g/mol. The Morgan fingerprint density at radius 2 is 1.80 bits per heavy atom. The summed E-state index contributed by atoms with van der Waals surface area (Å²) in [6.07, 6.45) is 0. The Balaban J connectivity index is 2.76. The maximum Gasteiger partial charge on any atom is 0.0984 e. The van der Waals surface area contributed by atoms with Crippen LogP contribution in [0.15, 0.2) is 28.7 Å². The van der Waals surface area contributed by atoms with Crippen LogP contribution in [0.2, 0.25) is 19.6 Å². The number of hydrogen-bond donors (Lipinski definition) is 0. The third kappa shape index (κ3) is 1.90. The summed E-state index contributed by atoms with van der Waals surface area (Å²) in [6.45, 7) is 7.16. The molecule has 0 bridgehead atoms. The van der Waals surface area contributed by atoms with Gasteiger partial charge in [-0.25, -0.2) is 0 Å². The lowest BCUT2D eigenvalue weighted by atomic mass is 10.2. The van der Waals surface area contributed by atoms with Gasteiger partial charge in [-0.05, 0) is 23.6 Å². The number of aromatic nitrogens is 1. The zero-order valence-electron chi connectivity index (χ0n) is 9.63. The number of aryl methyl sites for hydroxylation is 1. The van der Waals surface area contributed by atoms with Gasteiger partial charge in [-0.15, -0.1) is 0 Å². The van der Waals surface area contributed by atoms with Gasteiger partial charge in [-0.1, -0.05) is 41.6 Å². The van der Waals surface area contributed by atoms with Crippen LogP contribution in [0.25, 0.3) is 10.9 Å². The van der Waals surface area contributed by atoms with Crippen molar-refractivity contribution >= 4 is 40.2 Å². The van der Waals surface area contributed by atoms with E-state index in [0.29, 0.717) is 0 Å². The molecule has 0 fully saturated rings. The van der Waals surface area contributed by atoms with E-state index in [1.54, 1.807) is 0 Å². The third-order valence-corrected chi connectivity index (χ3v) is 5.29. The van der Waals surface area contributed by atoms with Crippen LogP contribution in [-0.4, -0.2) is 12.6 Å². The van der Waals surface area contributed by atoms with Gasteiger partial charge < -0.3 is 4.57 Å². The summed E-state index contributed by atoms with van der Waals surface area (Å²) in [5.74, 6) is 0. The van der Waals surface area contributed by atoms with Crippen molar-refractivity contribution in [2.75, 3.05) is 0 Å². The van der Waals surface area contributed by atoms with E-state index >= 15 is 0 Å². The Labute approximate surface area is 100 Å². The highest BCUT2D eigenvalue weighted by molar-refractivity contribution is 9.10. The molecule has 15 heavy (non-hydrogen) atoms. The topological polar surface area (TPSA) is 4.93 Å². The number of rotatable bonds is 1. The minimum absolute atomic E-state index is 1.15. The molecule has 0 unspecified atom stereocenters. The highest BCUT2D eigenvalue weighted by atomic mass is 79.9. The van der Waals surface area contributed by atoms with E-state index < -0.39 is 8.07 Å². The van der Waals surface area contributed by atoms with Crippen molar-refractivity contribution in [2.45, 2.75) is 19.6 Å². The number of hydrogen-bond acceptors (Lipinski definition) is 0. The fourth-order valence-corrected chi connectivity index (χ4v) is 4.09. The molecular formula is C12H16BrNSi. The van der Waals surface area contributed by atoms with Crippen molar-refractivity contribution in [3.05, 3.63) is 28.7 Å². The van der Waals surface area contributed by atoms with Crippen molar-refractivity contribution in [3.63, 3.8) is 0 Å². The summed E-state index contributed by atoms with van der Waals surface area (Å²) in [7, 11) is 0.938. The molecule has 0 saturated heterocycles. The third-order valence-electron chi connectivity index (χ3n) is 2.78. The predicted molar refractivity (Wildman–Crippen MR) is 73.6 cm³/mol. The van der Waals surface area contributed by atoms with E-state index in [-0.39, 0.29) is 0 Å². The molecule has 1 aromatic carbocycles. The fraction of sp³-hybridized carbons (Fsp3) is 0.333. The predicted octanol–water partition coefficient (Wildman–Crippen LogP) is 3.49. The second kappa shape index (κ2) is 3.49. The smallest absolute Gasteiger partial charge is 0.0984 e. The molecule has 2 aromatic rings. The van der Waals surface area contributed by atoms with E-state index in [0.717, 1.165) is 4.47 Å². The van der Waals surface area contributed by atoms with Crippen molar-refractivity contribution in [1.29, 1.82) is 0 Å². The second-order valence-corrected chi connectivity index (χ2v) is 11.0.